The molecular weight excluding hydrogens is 411 g/mol. The van der Waals surface area contributed by atoms with Crippen molar-refractivity contribution < 1.29 is 18.7 Å². The minimum absolute atomic E-state index is 0.242. The van der Waals surface area contributed by atoms with Gasteiger partial charge < -0.3 is 15.0 Å². The van der Waals surface area contributed by atoms with Gasteiger partial charge >= 0.3 is 5.97 Å². The van der Waals surface area contributed by atoms with Gasteiger partial charge in [0.1, 0.15) is 17.2 Å². The maximum atomic E-state index is 14.2. The van der Waals surface area contributed by atoms with Crippen LogP contribution in [0.15, 0.2) is 48.5 Å². The molecule has 8 heteroatoms. The van der Waals surface area contributed by atoms with Crippen LogP contribution in [-0.4, -0.2) is 35.3 Å². The molecular formula is C24H25FN4O3. The molecule has 2 heterocycles. The maximum absolute atomic E-state index is 14.2. The molecule has 3 aromatic rings. The van der Waals surface area contributed by atoms with Crippen LogP contribution in [0.3, 0.4) is 0 Å². The third-order valence-corrected chi connectivity index (χ3v) is 5.71. The molecule has 1 amide bonds. The minimum atomic E-state index is -0.408. The number of nitrogens with one attached hydrogen (secondary N) is 1. The fourth-order valence-electron chi connectivity index (χ4n) is 4.00. The minimum Gasteiger partial charge on any atom is -0.465 e. The Kier molecular flexibility index (Phi) is 5.94. The van der Waals surface area contributed by atoms with Crippen molar-refractivity contribution in [3.63, 3.8) is 0 Å². The second kappa shape index (κ2) is 8.82. The molecule has 1 aliphatic heterocycles. The third-order valence-electron chi connectivity index (χ3n) is 5.71. The normalized spacial score (nSPS) is 13.6. The number of halogens is 1. The monoisotopic (exact) mass is 436 g/mol. The Morgan fingerprint density at radius 2 is 1.88 bits per heavy atom. The fourth-order valence-corrected chi connectivity index (χ4v) is 4.00. The predicted octanol–water partition coefficient (Wildman–Crippen LogP) is 3.63. The Morgan fingerprint density at radius 1 is 1.16 bits per heavy atom. The Labute approximate surface area is 185 Å². The number of methoxy groups -OCH3 is 1. The molecule has 7 nitrogen and oxygen atoms in total. The van der Waals surface area contributed by atoms with Gasteiger partial charge in [0.05, 0.1) is 31.0 Å². The summed E-state index contributed by atoms with van der Waals surface area (Å²) in [6, 6.07) is 13.3. The molecule has 0 fully saturated rings. The van der Waals surface area contributed by atoms with E-state index in [2.05, 4.69) is 10.4 Å². The number of fused-ring (bicyclic) bond motifs is 1. The van der Waals surface area contributed by atoms with E-state index in [0.29, 0.717) is 47.8 Å². The zero-order valence-electron chi connectivity index (χ0n) is 18.3. The topological polar surface area (TPSA) is 76.5 Å². The van der Waals surface area contributed by atoms with Gasteiger partial charge in [-0.2, -0.15) is 5.10 Å². The summed E-state index contributed by atoms with van der Waals surface area (Å²) in [7, 11) is 1.33. The van der Waals surface area contributed by atoms with Crippen molar-refractivity contribution in [2.75, 3.05) is 18.6 Å². The number of benzene rings is 2. The summed E-state index contributed by atoms with van der Waals surface area (Å²) in [5, 5.41) is 7.53. The molecule has 2 aromatic carbocycles. The Balaban J connectivity index is 1.54. The molecule has 0 radical (unpaired) electrons. The number of anilines is 1. The summed E-state index contributed by atoms with van der Waals surface area (Å²) in [5.74, 6) is -0.211. The number of amides is 1. The molecule has 1 atom stereocenters. The van der Waals surface area contributed by atoms with Gasteiger partial charge in [0, 0.05) is 18.7 Å². The van der Waals surface area contributed by atoms with Crippen LogP contribution in [0, 0.1) is 12.7 Å². The molecule has 166 valence electrons. The lowest BCUT2D eigenvalue weighted by molar-refractivity contribution is 0.0600. The molecule has 0 bridgehead atoms. The summed E-state index contributed by atoms with van der Waals surface area (Å²) in [4.78, 5) is 26.8. The second-order valence-corrected chi connectivity index (χ2v) is 7.83. The van der Waals surface area contributed by atoms with E-state index in [9.17, 15) is 14.0 Å². The predicted molar refractivity (Wildman–Crippen MR) is 118 cm³/mol. The third kappa shape index (κ3) is 4.08. The standard InChI is InChI=1S/C24H25FN4O3/c1-15(17-8-10-18(11-9-17)24(31)32-3)26-22(30)21-16(2)27-29-13-12-28(23(21)29)14-19-6-4-5-7-20(19)25/h4-11,15H,12-14H2,1-3H3,(H,26,30)/t15-/m0/s1. The van der Waals surface area contributed by atoms with E-state index in [-0.39, 0.29) is 17.8 Å². The van der Waals surface area contributed by atoms with Crippen LogP contribution in [-0.2, 0) is 17.8 Å². The number of rotatable bonds is 6. The number of carbonyl (C=O) groups is 2. The molecule has 4 rings (SSSR count). The van der Waals surface area contributed by atoms with Gasteiger partial charge in [-0.1, -0.05) is 30.3 Å². The molecule has 0 saturated carbocycles. The summed E-state index contributed by atoms with van der Waals surface area (Å²) >= 11 is 0. The van der Waals surface area contributed by atoms with Crippen molar-refractivity contribution >= 4 is 17.7 Å². The zero-order valence-corrected chi connectivity index (χ0v) is 18.3. The lowest BCUT2D eigenvalue weighted by Crippen LogP contribution is -2.29. The van der Waals surface area contributed by atoms with Crippen molar-refractivity contribution in [2.24, 2.45) is 0 Å². The van der Waals surface area contributed by atoms with Crippen LogP contribution < -0.4 is 10.2 Å². The second-order valence-electron chi connectivity index (χ2n) is 7.83. The number of aryl methyl sites for hydroxylation is 1. The first-order chi connectivity index (χ1) is 15.4. The van der Waals surface area contributed by atoms with Gasteiger partial charge in [-0.15, -0.1) is 0 Å². The number of ether oxygens (including phenoxy) is 1. The van der Waals surface area contributed by atoms with Crippen LogP contribution in [0.25, 0.3) is 0 Å². The van der Waals surface area contributed by atoms with E-state index in [1.807, 2.05) is 11.8 Å². The Morgan fingerprint density at radius 3 is 2.56 bits per heavy atom. The summed E-state index contributed by atoms with van der Waals surface area (Å²) < 4.78 is 20.7. The van der Waals surface area contributed by atoms with Crippen molar-refractivity contribution in [1.29, 1.82) is 0 Å². The summed E-state index contributed by atoms with van der Waals surface area (Å²) in [6.07, 6.45) is 0. The number of nitrogens with zero attached hydrogens (tertiary/aromatic N) is 3. The number of carbonyl (C=O) groups excluding carboxylic acids is 2. The van der Waals surface area contributed by atoms with Crippen molar-refractivity contribution in [3.05, 3.63) is 82.3 Å². The number of esters is 1. The molecule has 0 aliphatic carbocycles. The first kappa shape index (κ1) is 21.5. The van der Waals surface area contributed by atoms with Gasteiger partial charge in [-0.05, 0) is 37.6 Å². The highest BCUT2D eigenvalue weighted by Gasteiger charge is 2.31. The van der Waals surface area contributed by atoms with Gasteiger partial charge in [0.25, 0.3) is 5.91 Å². The van der Waals surface area contributed by atoms with Crippen molar-refractivity contribution in [3.8, 4) is 0 Å². The first-order valence-corrected chi connectivity index (χ1v) is 10.4. The fraction of sp³-hybridized carbons (Fsp3) is 0.292. The van der Waals surface area contributed by atoms with Crippen LogP contribution in [0.2, 0.25) is 0 Å². The number of hydrogen-bond donors (Lipinski definition) is 1. The van der Waals surface area contributed by atoms with E-state index in [4.69, 9.17) is 4.74 Å². The van der Waals surface area contributed by atoms with Gasteiger partial charge in [-0.3, -0.25) is 4.79 Å². The quantitative estimate of drug-likeness (QED) is 0.597. The van der Waals surface area contributed by atoms with Crippen LogP contribution in [0.5, 0.6) is 0 Å². The van der Waals surface area contributed by atoms with Crippen LogP contribution in [0.4, 0.5) is 10.2 Å². The summed E-state index contributed by atoms with van der Waals surface area (Å²) in [5.41, 5.74) is 3.01. The molecule has 0 saturated heterocycles. The lowest BCUT2D eigenvalue weighted by Gasteiger charge is -2.20. The number of hydrogen-bond acceptors (Lipinski definition) is 5. The van der Waals surface area contributed by atoms with E-state index < -0.39 is 5.97 Å². The van der Waals surface area contributed by atoms with Gasteiger partial charge in [-0.25, -0.2) is 13.9 Å². The smallest absolute Gasteiger partial charge is 0.337 e. The molecule has 0 unspecified atom stereocenters. The first-order valence-electron chi connectivity index (χ1n) is 10.4. The highest BCUT2D eigenvalue weighted by Crippen LogP contribution is 2.31. The molecule has 0 spiro atoms. The molecule has 1 aromatic heterocycles. The van der Waals surface area contributed by atoms with Crippen molar-refractivity contribution in [1.82, 2.24) is 15.1 Å². The SMILES string of the molecule is COC(=O)c1ccc([C@H](C)NC(=O)c2c(C)nn3c2N(Cc2ccccc2F)CC3)cc1. The Hall–Kier alpha value is -3.68. The molecule has 32 heavy (non-hydrogen) atoms. The molecule has 1 N–H and O–H groups in total. The molecule has 1 aliphatic rings. The average Bonchev–Trinajstić information content (AvgIpc) is 3.32. The zero-order chi connectivity index (χ0) is 22.8. The van der Waals surface area contributed by atoms with Gasteiger partial charge in [0.15, 0.2) is 0 Å². The van der Waals surface area contributed by atoms with Crippen molar-refractivity contribution in [2.45, 2.75) is 33.0 Å². The van der Waals surface area contributed by atoms with E-state index in [1.165, 1.54) is 13.2 Å². The average molecular weight is 436 g/mol. The Bertz CT molecular complexity index is 1160. The maximum Gasteiger partial charge on any atom is 0.337 e. The highest BCUT2D eigenvalue weighted by atomic mass is 19.1. The highest BCUT2D eigenvalue weighted by molar-refractivity contribution is 6.00. The van der Waals surface area contributed by atoms with Gasteiger partial charge in [0.2, 0.25) is 0 Å². The number of aromatic nitrogens is 2. The van der Waals surface area contributed by atoms with E-state index in [1.54, 1.807) is 54.1 Å². The van der Waals surface area contributed by atoms with Crippen LogP contribution in [0.1, 0.15) is 50.5 Å². The lowest BCUT2D eigenvalue weighted by atomic mass is 10.1. The van der Waals surface area contributed by atoms with Crippen LogP contribution >= 0.6 is 0 Å². The largest absolute Gasteiger partial charge is 0.465 e. The van der Waals surface area contributed by atoms with E-state index >= 15 is 0 Å². The van der Waals surface area contributed by atoms with E-state index in [0.717, 1.165) is 5.56 Å². The summed E-state index contributed by atoms with van der Waals surface area (Å²) in [6.45, 7) is 5.34.